The summed E-state index contributed by atoms with van der Waals surface area (Å²) in [6.45, 7) is 5.49. The minimum Gasteiger partial charge on any atom is -0.354 e. The van der Waals surface area contributed by atoms with Gasteiger partial charge in [0.1, 0.15) is 5.39 Å². The molecule has 0 unspecified atom stereocenters. The molecule has 0 aromatic carbocycles. The van der Waals surface area contributed by atoms with Crippen molar-refractivity contribution in [3.63, 3.8) is 0 Å². The number of anilines is 1. The first kappa shape index (κ1) is 9.38. The highest BCUT2D eigenvalue weighted by Crippen LogP contribution is 2.16. The summed E-state index contributed by atoms with van der Waals surface area (Å²) in [6, 6.07) is 0.203. The smallest absolute Gasteiger partial charge is 0.266 e. The molecule has 2 aromatic heterocycles. The van der Waals surface area contributed by atoms with Crippen molar-refractivity contribution < 1.29 is 0 Å². The van der Waals surface area contributed by atoms with E-state index >= 15 is 0 Å². The zero-order valence-electron chi connectivity index (χ0n) is 9.27. The van der Waals surface area contributed by atoms with Crippen LogP contribution in [0.2, 0.25) is 0 Å². The van der Waals surface area contributed by atoms with Gasteiger partial charge in [0.15, 0.2) is 5.65 Å². The summed E-state index contributed by atoms with van der Waals surface area (Å²) in [6.07, 6.45) is 1.61. The first-order valence-electron chi connectivity index (χ1n) is 5.40. The molecule has 0 radical (unpaired) electrons. The maximum atomic E-state index is 12.1. The Balaban J connectivity index is 2.39. The van der Waals surface area contributed by atoms with Crippen molar-refractivity contribution >= 4 is 17.0 Å². The largest absolute Gasteiger partial charge is 0.354 e. The summed E-state index contributed by atoms with van der Waals surface area (Å²) in [4.78, 5) is 16.5. The zero-order chi connectivity index (χ0) is 11.3. The first-order chi connectivity index (χ1) is 7.68. The summed E-state index contributed by atoms with van der Waals surface area (Å²) in [5.41, 5.74) is 0.664. The summed E-state index contributed by atoms with van der Waals surface area (Å²) >= 11 is 0. The van der Waals surface area contributed by atoms with Gasteiger partial charge in [-0.3, -0.25) is 9.36 Å². The lowest BCUT2D eigenvalue weighted by atomic mass is 10.4. The Morgan fingerprint density at radius 3 is 3.06 bits per heavy atom. The third-order valence-electron chi connectivity index (χ3n) is 2.82. The van der Waals surface area contributed by atoms with Crippen LogP contribution in [0.3, 0.4) is 0 Å². The average Bonchev–Trinajstić information content (AvgIpc) is 2.83. The molecule has 16 heavy (non-hydrogen) atoms. The quantitative estimate of drug-likeness (QED) is 0.762. The van der Waals surface area contributed by atoms with Crippen molar-refractivity contribution in [1.82, 2.24) is 19.3 Å². The van der Waals surface area contributed by atoms with Gasteiger partial charge in [0, 0.05) is 19.1 Å². The second kappa shape index (κ2) is 3.07. The first-order valence-corrected chi connectivity index (χ1v) is 5.40. The van der Waals surface area contributed by atoms with Gasteiger partial charge >= 0.3 is 0 Å². The van der Waals surface area contributed by atoms with E-state index in [0.29, 0.717) is 23.5 Å². The predicted octanol–water partition coefficient (Wildman–Crippen LogP) is 0.599. The fourth-order valence-electron chi connectivity index (χ4n) is 2.02. The van der Waals surface area contributed by atoms with Gasteiger partial charge < -0.3 is 5.32 Å². The molecule has 0 fully saturated rings. The van der Waals surface area contributed by atoms with Crippen molar-refractivity contribution in [3.8, 4) is 0 Å². The number of rotatable bonds is 1. The van der Waals surface area contributed by atoms with Crippen molar-refractivity contribution in [2.75, 3.05) is 11.9 Å². The van der Waals surface area contributed by atoms with E-state index in [1.165, 1.54) is 0 Å². The number of hydrogen-bond acceptors (Lipinski definition) is 4. The Labute approximate surface area is 91.9 Å². The van der Waals surface area contributed by atoms with Gasteiger partial charge in [-0.1, -0.05) is 0 Å². The lowest BCUT2D eigenvalue weighted by Crippen LogP contribution is -2.19. The summed E-state index contributed by atoms with van der Waals surface area (Å²) in [7, 11) is 0. The zero-order valence-corrected chi connectivity index (χ0v) is 9.27. The molecule has 0 saturated carbocycles. The number of nitrogens with zero attached hydrogens (tertiary/aromatic N) is 4. The fraction of sp³-hybridized carbons (Fsp3) is 0.500. The molecule has 1 aliphatic heterocycles. The molecule has 3 rings (SSSR count). The summed E-state index contributed by atoms with van der Waals surface area (Å²) in [5, 5.41) is 7.91. The minimum atomic E-state index is -0.00287. The maximum absolute atomic E-state index is 12.1. The Hall–Kier alpha value is -1.85. The van der Waals surface area contributed by atoms with Gasteiger partial charge in [-0.2, -0.15) is 10.1 Å². The molecule has 2 aromatic rings. The van der Waals surface area contributed by atoms with Crippen molar-refractivity contribution in [2.24, 2.45) is 0 Å². The van der Waals surface area contributed by atoms with Gasteiger partial charge in [-0.25, -0.2) is 4.68 Å². The molecule has 1 aliphatic rings. The van der Waals surface area contributed by atoms with E-state index in [1.807, 2.05) is 13.8 Å². The molecule has 0 atom stereocenters. The van der Waals surface area contributed by atoms with E-state index in [0.717, 1.165) is 6.54 Å². The van der Waals surface area contributed by atoms with E-state index in [-0.39, 0.29) is 11.6 Å². The second-order valence-electron chi connectivity index (χ2n) is 4.24. The number of nitrogens with one attached hydrogen (secondary N) is 1. The van der Waals surface area contributed by atoms with Crippen LogP contribution in [0.25, 0.3) is 11.0 Å². The molecule has 0 amide bonds. The third-order valence-corrected chi connectivity index (χ3v) is 2.82. The topological polar surface area (TPSA) is 64.7 Å². The molecule has 0 bridgehead atoms. The molecule has 84 valence electrons. The second-order valence-corrected chi connectivity index (χ2v) is 4.24. The van der Waals surface area contributed by atoms with Gasteiger partial charge in [0.05, 0.1) is 6.20 Å². The maximum Gasteiger partial charge on any atom is 0.266 e. The van der Waals surface area contributed by atoms with E-state index < -0.39 is 0 Å². The SMILES string of the molecule is CC(C)n1ncc2c(=O)n3c(nc21)NCC3. The van der Waals surface area contributed by atoms with E-state index in [2.05, 4.69) is 15.4 Å². The Morgan fingerprint density at radius 1 is 1.50 bits per heavy atom. The highest BCUT2D eigenvalue weighted by molar-refractivity contribution is 5.75. The molecular weight excluding hydrogens is 206 g/mol. The van der Waals surface area contributed by atoms with E-state index in [4.69, 9.17) is 0 Å². The Kier molecular flexibility index (Phi) is 1.80. The van der Waals surface area contributed by atoms with Crippen molar-refractivity contribution in [1.29, 1.82) is 0 Å². The van der Waals surface area contributed by atoms with Crippen LogP contribution < -0.4 is 10.9 Å². The molecule has 1 N–H and O–H groups in total. The van der Waals surface area contributed by atoms with Crippen LogP contribution in [0, 0.1) is 0 Å². The molecular formula is C10H13N5O. The van der Waals surface area contributed by atoms with Gasteiger partial charge in [-0.15, -0.1) is 0 Å². The number of hydrogen-bond donors (Lipinski definition) is 1. The molecule has 3 heterocycles. The van der Waals surface area contributed by atoms with Crippen LogP contribution in [-0.4, -0.2) is 25.9 Å². The van der Waals surface area contributed by atoms with Crippen LogP contribution >= 0.6 is 0 Å². The Bertz CT molecular complexity index is 609. The Morgan fingerprint density at radius 2 is 2.31 bits per heavy atom. The monoisotopic (exact) mass is 219 g/mol. The standard InChI is InChI=1S/C10H13N5O/c1-6(2)15-8-7(5-12-15)9(16)14-4-3-11-10(14)13-8/h5-6H,3-4H2,1-2H3,(H,11,13). The van der Waals surface area contributed by atoms with Gasteiger partial charge in [0.25, 0.3) is 5.56 Å². The van der Waals surface area contributed by atoms with E-state index in [9.17, 15) is 4.79 Å². The van der Waals surface area contributed by atoms with Crippen LogP contribution in [0.4, 0.5) is 5.95 Å². The molecule has 0 saturated heterocycles. The third kappa shape index (κ3) is 1.09. The van der Waals surface area contributed by atoms with Gasteiger partial charge in [0.2, 0.25) is 5.95 Å². The highest BCUT2D eigenvalue weighted by Gasteiger charge is 2.18. The molecule has 0 spiro atoms. The highest BCUT2D eigenvalue weighted by atomic mass is 16.1. The van der Waals surface area contributed by atoms with Crippen LogP contribution in [-0.2, 0) is 6.54 Å². The predicted molar refractivity (Wildman–Crippen MR) is 60.7 cm³/mol. The summed E-state index contributed by atoms with van der Waals surface area (Å²) in [5.74, 6) is 0.653. The fourth-order valence-corrected chi connectivity index (χ4v) is 2.02. The summed E-state index contributed by atoms with van der Waals surface area (Å²) < 4.78 is 3.44. The van der Waals surface area contributed by atoms with Crippen LogP contribution in [0.1, 0.15) is 19.9 Å². The number of aromatic nitrogens is 4. The normalized spacial score (nSPS) is 14.4. The average molecular weight is 219 g/mol. The lowest BCUT2D eigenvalue weighted by molar-refractivity contribution is 0.546. The minimum absolute atomic E-state index is 0.00287. The molecule has 6 nitrogen and oxygen atoms in total. The van der Waals surface area contributed by atoms with Crippen LogP contribution in [0.5, 0.6) is 0 Å². The molecule has 6 heteroatoms. The van der Waals surface area contributed by atoms with Crippen LogP contribution in [0.15, 0.2) is 11.0 Å². The number of fused-ring (bicyclic) bond motifs is 2. The van der Waals surface area contributed by atoms with Crippen molar-refractivity contribution in [2.45, 2.75) is 26.4 Å². The molecule has 0 aliphatic carbocycles. The lowest BCUT2D eigenvalue weighted by Gasteiger charge is -2.07. The van der Waals surface area contributed by atoms with E-state index in [1.54, 1.807) is 15.4 Å². The van der Waals surface area contributed by atoms with Gasteiger partial charge in [-0.05, 0) is 13.8 Å². The van der Waals surface area contributed by atoms with Crippen molar-refractivity contribution in [3.05, 3.63) is 16.6 Å².